The van der Waals surface area contributed by atoms with Gasteiger partial charge in [0.2, 0.25) is 0 Å². The normalized spacial score (nSPS) is 31.9. The van der Waals surface area contributed by atoms with Crippen LogP contribution in [0.15, 0.2) is 12.3 Å². The molecule has 3 rings (SSSR count). The number of aromatic nitrogens is 2. The predicted octanol–water partition coefficient (Wildman–Crippen LogP) is 2.00. The van der Waals surface area contributed by atoms with Gasteiger partial charge in [-0.05, 0) is 52.1 Å². The van der Waals surface area contributed by atoms with Crippen LogP contribution in [0.1, 0.15) is 51.3 Å². The largest absolute Gasteiger partial charge is 0.389 e. The lowest BCUT2D eigenvalue weighted by Gasteiger charge is -2.40. The third kappa shape index (κ3) is 2.70. The summed E-state index contributed by atoms with van der Waals surface area (Å²) in [5.74, 6) is 0. The van der Waals surface area contributed by atoms with Gasteiger partial charge >= 0.3 is 0 Å². The van der Waals surface area contributed by atoms with Crippen molar-refractivity contribution >= 4 is 0 Å². The van der Waals surface area contributed by atoms with Crippen molar-refractivity contribution in [2.75, 3.05) is 13.1 Å². The van der Waals surface area contributed by atoms with E-state index in [4.69, 9.17) is 0 Å². The van der Waals surface area contributed by atoms with Crippen LogP contribution in [0.2, 0.25) is 0 Å². The fourth-order valence-electron chi connectivity index (χ4n) is 3.57. The maximum atomic E-state index is 10.8. The van der Waals surface area contributed by atoms with E-state index < -0.39 is 5.60 Å². The van der Waals surface area contributed by atoms with Gasteiger partial charge in [0.05, 0.1) is 11.3 Å². The van der Waals surface area contributed by atoms with E-state index in [9.17, 15) is 5.11 Å². The SMILES string of the molecule is CC(C)n1ccc(CC2(O)CCN3CCCC3C2)n1. The predicted molar refractivity (Wildman–Crippen MR) is 75.1 cm³/mol. The molecule has 3 heterocycles. The molecule has 4 nitrogen and oxygen atoms in total. The molecule has 106 valence electrons. The van der Waals surface area contributed by atoms with Crippen molar-refractivity contribution in [1.29, 1.82) is 0 Å². The van der Waals surface area contributed by atoms with E-state index in [1.165, 1.54) is 19.4 Å². The molecule has 0 aliphatic carbocycles. The highest BCUT2D eigenvalue weighted by Crippen LogP contribution is 2.34. The van der Waals surface area contributed by atoms with E-state index in [1.807, 2.05) is 10.9 Å². The van der Waals surface area contributed by atoms with E-state index in [-0.39, 0.29) is 0 Å². The Labute approximate surface area is 115 Å². The molecular weight excluding hydrogens is 238 g/mol. The molecule has 1 N–H and O–H groups in total. The van der Waals surface area contributed by atoms with E-state index in [1.54, 1.807) is 0 Å². The molecule has 0 saturated carbocycles. The first-order chi connectivity index (χ1) is 9.06. The fourth-order valence-corrected chi connectivity index (χ4v) is 3.57. The molecule has 2 saturated heterocycles. The van der Waals surface area contributed by atoms with Crippen LogP contribution in [0.5, 0.6) is 0 Å². The molecule has 0 spiro atoms. The molecule has 2 aliphatic heterocycles. The second-order valence-electron chi connectivity index (χ2n) is 6.57. The lowest BCUT2D eigenvalue weighted by Crippen LogP contribution is -2.48. The maximum Gasteiger partial charge on any atom is 0.0730 e. The Morgan fingerprint density at radius 2 is 2.32 bits per heavy atom. The van der Waals surface area contributed by atoms with Crippen LogP contribution in [0.4, 0.5) is 0 Å². The molecule has 2 unspecified atom stereocenters. The fraction of sp³-hybridized carbons (Fsp3) is 0.800. The van der Waals surface area contributed by atoms with Crippen LogP contribution in [0.25, 0.3) is 0 Å². The van der Waals surface area contributed by atoms with Crippen molar-refractivity contribution in [3.05, 3.63) is 18.0 Å². The summed E-state index contributed by atoms with van der Waals surface area (Å²) >= 11 is 0. The van der Waals surface area contributed by atoms with Crippen LogP contribution in [-0.4, -0.2) is 44.5 Å². The second kappa shape index (κ2) is 4.91. The number of rotatable bonds is 3. The van der Waals surface area contributed by atoms with Gasteiger partial charge in [0.1, 0.15) is 0 Å². The van der Waals surface area contributed by atoms with Gasteiger partial charge in [0, 0.05) is 31.2 Å². The smallest absolute Gasteiger partial charge is 0.0730 e. The summed E-state index contributed by atoms with van der Waals surface area (Å²) < 4.78 is 1.98. The summed E-state index contributed by atoms with van der Waals surface area (Å²) in [6.07, 6.45) is 7.08. The van der Waals surface area contributed by atoms with E-state index in [2.05, 4.69) is 29.9 Å². The first-order valence-corrected chi connectivity index (χ1v) is 7.56. The quantitative estimate of drug-likeness (QED) is 0.907. The van der Waals surface area contributed by atoms with Crippen molar-refractivity contribution in [3.8, 4) is 0 Å². The van der Waals surface area contributed by atoms with Crippen LogP contribution in [0, 0.1) is 0 Å². The molecule has 1 aromatic rings. The highest BCUT2D eigenvalue weighted by Gasteiger charge is 2.40. The van der Waals surface area contributed by atoms with E-state index >= 15 is 0 Å². The molecule has 1 aromatic heterocycles. The zero-order chi connectivity index (χ0) is 13.5. The van der Waals surface area contributed by atoms with Crippen molar-refractivity contribution in [2.24, 2.45) is 0 Å². The number of fused-ring (bicyclic) bond motifs is 1. The molecular formula is C15H25N3O. The number of piperidine rings is 1. The summed E-state index contributed by atoms with van der Waals surface area (Å²) in [5, 5.41) is 15.4. The Morgan fingerprint density at radius 3 is 3.05 bits per heavy atom. The first-order valence-electron chi connectivity index (χ1n) is 7.56. The molecule has 4 heteroatoms. The molecule has 2 atom stereocenters. The number of hydrogen-bond donors (Lipinski definition) is 1. The Balaban J connectivity index is 1.67. The average molecular weight is 263 g/mol. The molecule has 0 radical (unpaired) electrons. The van der Waals surface area contributed by atoms with Gasteiger partial charge in [0.15, 0.2) is 0 Å². The summed E-state index contributed by atoms with van der Waals surface area (Å²) in [4.78, 5) is 2.54. The minimum absolute atomic E-state index is 0.389. The summed E-state index contributed by atoms with van der Waals surface area (Å²) in [6, 6.07) is 3.05. The van der Waals surface area contributed by atoms with Crippen molar-refractivity contribution < 1.29 is 5.11 Å². The van der Waals surface area contributed by atoms with Crippen molar-refractivity contribution in [3.63, 3.8) is 0 Å². The van der Waals surface area contributed by atoms with Gasteiger partial charge in [0.25, 0.3) is 0 Å². The Morgan fingerprint density at radius 1 is 1.47 bits per heavy atom. The molecule has 2 fully saturated rings. The van der Waals surface area contributed by atoms with Crippen molar-refractivity contribution in [1.82, 2.24) is 14.7 Å². The highest BCUT2D eigenvalue weighted by atomic mass is 16.3. The van der Waals surface area contributed by atoms with Gasteiger partial charge in [-0.3, -0.25) is 4.68 Å². The average Bonchev–Trinajstić information content (AvgIpc) is 2.96. The molecule has 19 heavy (non-hydrogen) atoms. The monoisotopic (exact) mass is 263 g/mol. The summed E-state index contributed by atoms with van der Waals surface area (Å²) in [6.45, 7) is 6.53. The minimum atomic E-state index is -0.540. The lowest BCUT2D eigenvalue weighted by atomic mass is 9.83. The second-order valence-corrected chi connectivity index (χ2v) is 6.57. The van der Waals surface area contributed by atoms with Gasteiger partial charge in [-0.15, -0.1) is 0 Å². The lowest BCUT2D eigenvalue weighted by molar-refractivity contribution is -0.0361. The Bertz CT molecular complexity index is 442. The van der Waals surface area contributed by atoms with Gasteiger partial charge in [-0.25, -0.2) is 0 Å². The first kappa shape index (κ1) is 13.1. The topological polar surface area (TPSA) is 41.3 Å². The zero-order valence-electron chi connectivity index (χ0n) is 12.0. The van der Waals surface area contributed by atoms with Crippen LogP contribution in [-0.2, 0) is 6.42 Å². The Kier molecular flexibility index (Phi) is 3.39. The molecule has 2 aliphatic rings. The summed E-state index contributed by atoms with van der Waals surface area (Å²) in [7, 11) is 0. The third-order valence-corrected chi connectivity index (χ3v) is 4.68. The standard InChI is InChI=1S/C15H25N3O/c1-12(2)18-8-5-13(16-18)10-15(19)6-9-17-7-3-4-14(17)11-15/h5,8,12,14,19H,3-4,6-7,9-11H2,1-2H3. The van der Waals surface area contributed by atoms with Crippen LogP contribution in [0.3, 0.4) is 0 Å². The zero-order valence-corrected chi connectivity index (χ0v) is 12.0. The van der Waals surface area contributed by atoms with Gasteiger partial charge < -0.3 is 10.0 Å². The van der Waals surface area contributed by atoms with Crippen molar-refractivity contribution in [2.45, 2.75) is 63.6 Å². The third-order valence-electron chi connectivity index (χ3n) is 4.68. The van der Waals surface area contributed by atoms with Crippen LogP contribution >= 0.6 is 0 Å². The highest BCUT2D eigenvalue weighted by molar-refractivity contribution is 5.07. The summed E-state index contributed by atoms with van der Waals surface area (Å²) in [5.41, 5.74) is 0.490. The van der Waals surface area contributed by atoms with E-state index in [0.29, 0.717) is 18.5 Å². The van der Waals surface area contributed by atoms with Gasteiger partial charge in [-0.1, -0.05) is 0 Å². The number of hydrogen-bond acceptors (Lipinski definition) is 3. The molecule has 0 aromatic carbocycles. The number of nitrogens with zero attached hydrogens (tertiary/aromatic N) is 3. The molecule has 0 bridgehead atoms. The Hall–Kier alpha value is -0.870. The van der Waals surface area contributed by atoms with E-state index in [0.717, 1.165) is 25.1 Å². The van der Waals surface area contributed by atoms with Gasteiger partial charge in [-0.2, -0.15) is 5.10 Å². The molecule has 0 amide bonds. The minimum Gasteiger partial charge on any atom is -0.389 e. The maximum absolute atomic E-state index is 10.8. The number of aliphatic hydroxyl groups is 1. The van der Waals surface area contributed by atoms with Crippen LogP contribution < -0.4 is 0 Å².